The predicted octanol–water partition coefficient (Wildman–Crippen LogP) is 6.47. The molecule has 1 aliphatic rings. The topological polar surface area (TPSA) is 79.1 Å². The normalized spacial score (nSPS) is 14.7. The lowest BCUT2D eigenvalue weighted by atomic mass is 9.93. The molecule has 1 atom stereocenters. The van der Waals surface area contributed by atoms with E-state index in [0.29, 0.717) is 54.1 Å². The monoisotopic (exact) mass is 636 g/mol. The van der Waals surface area contributed by atoms with Crippen molar-refractivity contribution in [2.75, 3.05) is 13.7 Å². The average Bonchev–Trinajstić information content (AvgIpc) is 3.31. The molecule has 0 fully saturated rings. The maximum Gasteiger partial charge on any atom is 0.338 e. The van der Waals surface area contributed by atoms with Crippen LogP contribution in [0.15, 0.2) is 87.8 Å². The van der Waals surface area contributed by atoms with Gasteiger partial charge >= 0.3 is 5.97 Å². The van der Waals surface area contributed by atoms with Crippen LogP contribution in [0.2, 0.25) is 10.0 Å². The molecular weight excluding hydrogens is 607 g/mol. The zero-order valence-electron chi connectivity index (χ0n) is 23.9. The fourth-order valence-corrected chi connectivity index (χ4v) is 6.36. The van der Waals surface area contributed by atoms with Gasteiger partial charge in [-0.1, -0.05) is 84.3 Å². The van der Waals surface area contributed by atoms with Gasteiger partial charge in [-0.05, 0) is 49.8 Å². The van der Waals surface area contributed by atoms with Crippen LogP contribution in [0, 0.1) is 0 Å². The second-order valence-corrected chi connectivity index (χ2v) is 11.6. The van der Waals surface area contributed by atoms with Gasteiger partial charge in [0.2, 0.25) is 0 Å². The summed E-state index contributed by atoms with van der Waals surface area (Å²) >= 11 is 14.0. The maximum absolute atomic E-state index is 14.2. The third kappa shape index (κ3) is 6.42. The molecule has 7 nitrogen and oxygen atoms in total. The molecule has 0 unspecified atom stereocenters. The van der Waals surface area contributed by atoms with Crippen LogP contribution in [-0.4, -0.2) is 24.3 Å². The highest BCUT2D eigenvalue weighted by Crippen LogP contribution is 2.38. The number of hydrogen-bond donors (Lipinski definition) is 0. The molecule has 10 heteroatoms. The van der Waals surface area contributed by atoms with Crippen LogP contribution in [0.4, 0.5) is 0 Å². The van der Waals surface area contributed by atoms with Crippen molar-refractivity contribution >= 4 is 46.6 Å². The molecule has 1 aromatic heterocycles. The van der Waals surface area contributed by atoms with E-state index in [1.54, 1.807) is 31.2 Å². The van der Waals surface area contributed by atoms with Crippen LogP contribution in [0.3, 0.4) is 0 Å². The standard InChI is InChI=1S/C33H30Cl2N2O5S/c1-4-10-25-29(32(39)41-5-2)30(23-18-22(34)15-16-27(23)40-3)37-31(38)28(43-33(37)36-25)17-20-11-7-9-14-26(20)42-19-21-12-6-8-13-24(21)35/h6-9,11-18,30H,4-5,10,19H2,1-3H3/b28-17+/t30-/m1/s1. The number of aromatic nitrogens is 1. The lowest BCUT2D eigenvalue weighted by Crippen LogP contribution is -2.40. The van der Waals surface area contributed by atoms with Crippen molar-refractivity contribution in [1.82, 2.24) is 4.57 Å². The molecule has 222 valence electrons. The first-order chi connectivity index (χ1) is 20.9. The molecular formula is C33H30Cl2N2O5S. The van der Waals surface area contributed by atoms with E-state index in [1.807, 2.05) is 55.5 Å². The molecule has 0 aliphatic carbocycles. The van der Waals surface area contributed by atoms with E-state index in [0.717, 1.165) is 17.5 Å². The summed E-state index contributed by atoms with van der Waals surface area (Å²) in [6.07, 6.45) is 3.05. The molecule has 4 aromatic rings. The SMILES string of the molecule is CCCC1=C(C(=O)OCC)[C@@H](c2cc(Cl)ccc2OC)n2c(s/c(=C/c3ccccc3OCc3ccccc3Cl)c2=O)=N1. The van der Waals surface area contributed by atoms with Gasteiger partial charge in [0.05, 0.1) is 29.5 Å². The number of fused-ring (bicyclic) bond motifs is 1. The summed E-state index contributed by atoms with van der Waals surface area (Å²) < 4.78 is 19.2. The fourth-order valence-electron chi connectivity index (χ4n) is 4.98. The first-order valence-corrected chi connectivity index (χ1v) is 15.4. The molecule has 1 aliphatic heterocycles. The van der Waals surface area contributed by atoms with Crippen LogP contribution < -0.4 is 24.4 Å². The molecule has 0 saturated heterocycles. The molecule has 2 heterocycles. The number of carbonyl (C=O) groups is 1. The van der Waals surface area contributed by atoms with Gasteiger partial charge in [0.15, 0.2) is 4.80 Å². The number of carbonyl (C=O) groups excluding carboxylic acids is 1. The Hall–Kier alpha value is -3.85. The van der Waals surface area contributed by atoms with E-state index in [1.165, 1.54) is 23.0 Å². The first kappa shape index (κ1) is 30.6. The Morgan fingerprint density at radius 2 is 1.81 bits per heavy atom. The van der Waals surface area contributed by atoms with Gasteiger partial charge in [-0.3, -0.25) is 9.36 Å². The van der Waals surface area contributed by atoms with Gasteiger partial charge in [-0.2, -0.15) is 0 Å². The number of thiazole rings is 1. The number of hydrogen-bond acceptors (Lipinski definition) is 7. The van der Waals surface area contributed by atoms with Crippen LogP contribution in [-0.2, 0) is 16.1 Å². The summed E-state index contributed by atoms with van der Waals surface area (Å²) in [4.78, 5) is 32.9. The average molecular weight is 638 g/mol. The number of rotatable bonds is 10. The lowest BCUT2D eigenvalue weighted by molar-refractivity contribution is -0.139. The molecule has 5 rings (SSSR count). The Morgan fingerprint density at radius 1 is 1.05 bits per heavy atom. The van der Waals surface area contributed by atoms with Crippen LogP contribution in [0.1, 0.15) is 49.4 Å². The molecule has 0 spiro atoms. The second-order valence-electron chi connectivity index (χ2n) is 9.72. The number of methoxy groups -OCH3 is 1. The smallest absolute Gasteiger partial charge is 0.338 e. The number of allylic oxidation sites excluding steroid dienone is 1. The minimum atomic E-state index is -0.848. The van der Waals surface area contributed by atoms with Crippen LogP contribution >= 0.6 is 34.5 Å². The Balaban J connectivity index is 1.68. The number of benzene rings is 3. The zero-order valence-corrected chi connectivity index (χ0v) is 26.3. The molecule has 0 amide bonds. The van der Waals surface area contributed by atoms with E-state index in [9.17, 15) is 9.59 Å². The van der Waals surface area contributed by atoms with E-state index in [4.69, 9.17) is 42.4 Å². The first-order valence-electron chi connectivity index (χ1n) is 13.9. The van der Waals surface area contributed by atoms with Crippen molar-refractivity contribution < 1.29 is 19.0 Å². The highest BCUT2D eigenvalue weighted by molar-refractivity contribution is 7.07. The quantitative estimate of drug-likeness (QED) is 0.186. The largest absolute Gasteiger partial charge is 0.496 e. The summed E-state index contributed by atoms with van der Waals surface area (Å²) in [5.41, 5.74) is 2.70. The van der Waals surface area contributed by atoms with Gasteiger partial charge in [0.1, 0.15) is 24.1 Å². The van der Waals surface area contributed by atoms with Crippen LogP contribution in [0.25, 0.3) is 6.08 Å². The van der Waals surface area contributed by atoms with Crippen molar-refractivity contribution in [2.45, 2.75) is 39.3 Å². The predicted molar refractivity (Wildman–Crippen MR) is 170 cm³/mol. The summed E-state index contributed by atoms with van der Waals surface area (Å²) in [5, 5.41) is 1.06. The lowest BCUT2D eigenvalue weighted by Gasteiger charge is -2.27. The molecule has 0 bridgehead atoms. The number of nitrogens with zero attached hydrogens (tertiary/aromatic N) is 2. The Morgan fingerprint density at radius 3 is 2.56 bits per heavy atom. The van der Waals surface area contributed by atoms with Gasteiger partial charge in [-0.25, -0.2) is 9.79 Å². The number of halogens is 2. The molecule has 0 radical (unpaired) electrons. The van der Waals surface area contributed by atoms with Crippen molar-refractivity contribution in [3.8, 4) is 11.5 Å². The van der Waals surface area contributed by atoms with E-state index >= 15 is 0 Å². The van der Waals surface area contributed by atoms with Crippen molar-refractivity contribution in [2.24, 2.45) is 4.99 Å². The Kier molecular flexibility index (Phi) is 9.70. The van der Waals surface area contributed by atoms with Crippen molar-refractivity contribution in [1.29, 1.82) is 0 Å². The third-order valence-electron chi connectivity index (χ3n) is 6.93. The summed E-state index contributed by atoms with van der Waals surface area (Å²) in [6, 6.07) is 19.3. The van der Waals surface area contributed by atoms with Crippen LogP contribution in [0.5, 0.6) is 11.5 Å². The number of esters is 1. The van der Waals surface area contributed by atoms with Gasteiger partial charge < -0.3 is 14.2 Å². The van der Waals surface area contributed by atoms with Crippen molar-refractivity contribution in [3.05, 3.63) is 124 Å². The van der Waals surface area contributed by atoms with Gasteiger partial charge in [0, 0.05) is 26.7 Å². The fraction of sp³-hybridized carbons (Fsp3) is 0.242. The molecule has 0 N–H and O–H groups in total. The summed E-state index contributed by atoms with van der Waals surface area (Å²) in [6.45, 7) is 4.20. The summed E-state index contributed by atoms with van der Waals surface area (Å²) in [5.74, 6) is 0.552. The number of ether oxygens (including phenoxy) is 3. The zero-order chi connectivity index (χ0) is 30.5. The van der Waals surface area contributed by atoms with Crippen molar-refractivity contribution in [3.63, 3.8) is 0 Å². The van der Waals surface area contributed by atoms with E-state index in [2.05, 4.69) is 0 Å². The molecule has 0 saturated carbocycles. The third-order valence-corrected chi connectivity index (χ3v) is 8.51. The maximum atomic E-state index is 14.2. The van der Waals surface area contributed by atoms with E-state index < -0.39 is 12.0 Å². The molecule has 43 heavy (non-hydrogen) atoms. The second kappa shape index (κ2) is 13.6. The molecule has 3 aromatic carbocycles. The Bertz CT molecular complexity index is 1880. The highest BCUT2D eigenvalue weighted by Gasteiger charge is 2.36. The highest BCUT2D eigenvalue weighted by atomic mass is 35.5. The minimum Gasteiger partial charge on any atom is -0.496 e. The number of para-hydroxylation sites is 1. The van der Waals surface area contributed by atoms with E-state index in [-0.39, 0.29) is 18.8 Å². The minimum absolute atomic E-state index is 0.177. The summed E-state index contributed by atoms with van der Waals surface area (Å²) in [7, 11) is 1.54. The van der Waals surface area contributed by atoms with Gasteiger partial charge in [0.25, 0.3) is 5.56 Å². The Labute approximate surface area is 263 Å². The van der Waals surface area contributed by atoms with Gasteiger partial charge in [-0.15, -0.1) is 0 Å².